The van der Waals surface area contributed by atoms with Crippen LogP contribution >= 0.6 is 0 Å². The first kappa shape index (κ1) is 17.7. The summed E-state index contributed by atoms with van der Waals surface area (Å²) in [4.78, 5) is 22.4. The van der Waals surface area contributed by atoms with E-state index >= 15 is 0 Å². The van der Waals surface area contributed by atoms with Crippen LogP contribution in [0.1, 0.15) is 33.6 Å². The third-order valence-electron chi connectivity index (χ3n) is 2.00. The van der Waals surface area contributed by atoms with Crippen molar-refractivity contribution in [3.8, 4) is 0 Å². The lowest BCUT2D eigenvalue weighted by Crippen LogP contribution is -2.43. The van der Waals surface area contributed by atoms with Crippen molar-refractivity contribution in [2.45, 2.75) is 45.3 Å². The number of nitrogens with one attached hydrogen (secondary N) is 1. The quantitative estimate of drug-likeness (QED) is 0.749. The van der Waals surface area contributed by atoms with E-state index in [9.17, 15) is 18.0 Å². The molecule has 7 nitrogen and oxygen atoms in total. The summed E-state index contributed by atoms with van der Waals surface area (Å²) in [6, 6.07) is -1.16. The molecular formula is C11H21NO6S. The van der Waals surface area contributed by atoms with E-state index in [1.807, 2.05) is 0 Å². The Morgan fingerprint density at radius 1 is 1.32 bits per heavy atom. The molecule has 8 heteroatoms. The minimum atomic E-state index is -3.14. The van der Waals surface area contributed by atoms with Crippen molar-refractivity contribution in [1.82, 2.24) is 5.32 Å². The van der Waals surface area contributed by atoms with Gasteiger partial charge in [-0.05, 0) is 33.6 Å². The van der Waals surface area contributed by atoms with Gasteiger partial charge < -0.3 is 15.2 Å². The molecule has 19 heavy (non-hydrogen) atoms. The molecule has 1 unspecified atom stereocenters. The van der Waals surface area contributed by atoms with Crippen molar-refractivity contribution in [2.75, 3.05) is 12.0 Å². The summed E-state index contributed by atoms with van der Waals surface area (Å²) in [6.45, 7) is 4.98. The van der Waals surface area contributed by atoms with Crippen LogP contribution in [0.25, 0.3) is 0 Å². The molecule has 0 aliphatic carbocycles. The van der Waals surface area contributed by atoms with Gasteiger partial charge in [0.05, 0.1) is 0 Å². The highest BCUT2D eigenvalue weighted by Gasteiger charge is 2.23. The maximum Gasteiger partial charge on any atom is 0.408 e. The first-order valence-corrected chi connectivity index (χ1v) is 7.87. The van der Waals surface area contributed by atoms with E-state index in [0.717, 1.165) is 6.26 Å². The Morgan fingerprint density at radius 2 is 1.84 bits per heavy atom. The lowest BCUT2D eigenvalue weighted by atomic mass is 10.2. The van der Waals surface area contributed by atoms with Gasteiger partial charge in [0, 0.05) is 12.0 Å². The van der Waals surface area contributed by atoms with Crippen LogP contribution in [0.5, 0.6) is 0 Å². The average molecular weight is 295 g/mol. The van der Waals surface area contributed by atoms with Crippen molar-refractivity contribution in [3.05, 3.63) is 0 Å². The zero-order valence-electron chi connectivity index (χ0n) is 11.6. The number of carboxylic acids is 1. The number of alkyl carbamates (subject to hydrolysis) is 1. The predicted molar refractivity (Wildman–Crippen MR) is 69.7 cm³/mol. The second-order valence-corrected chi connectivity index (χ2v) is 7.57. The number of ether oxygens (including phenoxy) is 1. The molecule has 0 rings (SSSR count). The maximum atomic E-state index is 11.4. The Kier molecular flexibility index (Phi) is 6.28. The number of sulfone groups is 1. The van der Waals surface area contributed by atoms with E-state index < -0.39 is 33.5 Å². The second-order valence-electron chi connectivity index (χ2n) is 5.31. The van der Waals surface area contributed by atoms with Crippen molar-refractivity contribution < 1.29 is 27.9 Å². The van der Waals surface area contributed by atoms with Crippen LogP contribution in [0.4, 0.5) is 4.79 Å². The molecule has 0 bridgehead atoms. The molecule has 0 heterocycles. The molecule has 112 valence electrons. The number of amides is 1. The fourth-order valence-corrected chi connectivity index (χ4v) is 1.95. The van der Waals surface area contributed by atoms with Gasteiger partial charge in [-0.3, -0.25) is 0 Å². The normalized spacial score (nSPS) is 13.7. The molecule has 0 radical (unpaired) electrons. The minimum Gasteiger partial charge on any atom is -0.480 e. The number of carboxylic acid groups (broad SMARTS) is 1. The zero-order chi connectivity index (χ0) is 15.3. The average Bonchev–Trinajstić information content (AvgIpc) is 2.10. The molecule has 0 saturated carbocycles. The monoisotopic (exact) mass is 295 g/mol. The Morgan fingerprint density at radius 3 is 2.21 bits per heavy atom. The molecule has 1 amide bonds. The van der Waals surface area contributed by atoms with Gasteiger partial charge in [0.1, 0.15) is 21.5 Å². The molecule has 0 aliphatic rings. The summed E-state index contributed by atoms with van der Waals surface area (Å²) in [6.07, 6.45) is 0.427. The number of hydrogen-bond donors (Lipinski definition) is 2. The highest BCUT2D eigenvalue weighted by molar-refractivity contribution is 7.90. The Labute approximate surface area is 113 Å². The third kappa shape index (κ3) is 10.3. The van der Waals surface area contributed by atoms with Gasteiger partial charge >= 0.3 is 12.1 Å². The largest absolute Gasteiger partial charge is 0.480 e. The summed E-state index contributed by atoms with van der Waals surface area (Å²) >= 11 is 0. The van der Waals surface area contributed by atoms with Gasteiger partial charge in [-0.15, -0.1) is 0 Å². The topological polar surface area (TPSA) is 110 Å². The summed E-state index contributed by atoms with van der Waals surface area (Å²) in [5, 5.41) is 11.1. The van der Waals surface area contributed by atoms with Gasteiger partial charge in [-0.1, -0.05) is 0 Å². The zero-order valence-corrected chi connectivity index (χ0v) is 12.4. The van der Waals surface area contributed by atoms with Crippen LogP contribution in [-0.4, -0.2) is 49.2 Å². The van der Waals surface area contributed by atoms with Gasteiger partial charge in [0.15, 0.2) is 0 Å². The fourth-order valence-electron chi connectivity index (χ4n) is 1.26. The van der Waals surface area contributed by atoms with Gasteiger partial charge in [0.25, 0.3) is 0 Å². The summed E-state index contributed by atoms with van der Waals surface area (Å²) in [7, 11) is -3.14. The lowest BCUT2D eigenvalue weighted by Gasteiger charge is -2.21. The van der Waals surface area contributed by atoms with E-state index in [0.29, 0.717) is 0 Å². The van der Waals surface area contributed by atoms with Crippen LogP contribution in [-0.2, 0) is 19.4 Å². The highest BCUT2D eigenvalue weighted by Crippen LogP contribution is 2.08. The molecule has 0 aliphatic heterocycles. The van der Waals surface area contributed by atoms with E-state index in [2.05, 4.69) is 5.32 Å². The Balaban J connectivity index is 4.35. The summed E-state index contributed by atoms with van der Waals surface area (Å²) in [5.41, 5.74) is -0.722. The van der Waals surface area contributed by atoms with Crippen molar-refractivity contribution >= 4 is 21.9 Å². The Hall–Kier alpha value is -1.31. The Bertz CT molecular complexity index is 423. The van der Waals surface area contributed by atoms with Crippen LogP contribution in [0.15, 0.2) is 0 Å². The smallest absolute Gasteiger partial charge is 0.408 e. The first-order chi connectivity index (χ1) is 8.41. The number of aliphatic carboxylic acids is 1. The van der Waals surface area contributed by atoms with Gasteiger partial charge in [0.2, 0.25) is 0 Å². The molecule has 0 fully saturated rings. The molecular weight excluding hydrogens is 274 g/mol. The van der Waals surface area contributed by atoms with Crippen LogP contribution in [0, 0.1) is 0 Å². The molecule has 0 aromatic heterocycles. The van der Waals surface area contributed by atoms with Crippen molar-refractivity contribution in [1.29, 1.82) is 0 Å². The van der Waals surface area contributed by atoms with Crippen molar-refractivity contribution in [3.63, 3.8) is 0 Å². The number of carbonyl (C=O) groups is 2. The minimum absolute atomic E-state index is 0.0294. The van der Waals surface area contributed by atoms with Crippen LogP contribution in [0.2, 0.25) is 0 Å². The molecule has 2 N–H and O–H groups in total. The van der Waals surface area contributed by atoms with Gasteiger partial charge in [-0.2, -0.15) is 0 Å². The third-order valence-corrected chi connectivity index (χ3v) is 3.03. The van der Waals surface area contributed by atoms with E-state index in [4.69, 9.17) is 9.84 Å². The van der Waals surface area contributed by atoms with Crippen LogP contribution in [0.3, 0.4) is 0 Å². The van der Waals surface area contributed by atoms with E-state index in [1.165, 1.54) is 0 Å². The predicted octanol–water partition coefficient (Wildman–Crippen LogP) is 0.789. The molecule has 0 saturated heterocycles. The molecule has 0 spiro atoms. The SMILES string of the molecule is CC(C)(C)OC(=O)NC(CCCS(C)(=O)=O)C(=O)O. The standard InChI is InChI=1S/C11H21NO6S/c1-11(2,3)18-10(15)12-8(9(13)14)6-5-7-19(4,16)17/h8H,5-7H2,1-4H3,(H,12,15)(H,13,14). The van der Waals surface area contributed by atoms with E-state index in [-0.39, 0.29) is 18.6 Å². The number of rotatable bonds is 6. The molecule has 0 aromatic rings. The maximum absolute atomic E-state index is 11.4. The fraction of sp³-hybridized carbons (Fsp3) is 0.818. The number of carbonyl (C=O) groups excluding carboxylic acids is 1. The summed E-state index contributed by atoms with van der Waals surface area (Å²) < 4.78 is 26.8. The molecule has 0 aromatic carbocycles. The first-order valence-electron chi connectivity index (χ1n) is 5.81. The lowest BCUT2D eigenvalue weighted by molar-refractivity contribution is -0.139. The second kappa shape index (κ2) is 6.74. The van der Waals surface area contributed by atoms with E-state index in [1.54, 1.807) is 20.8 Å². The van der Waals surface area contributed by atoms with Crippen molar-refractivity contribution in [2.24, 2.45) is 0 Å². The van der Waals surface area contributed by atoms with Gasteiger partial charge in [-0.25, -0.2) is 18.0 Å². The summed E-state index contributed by atoms with van der Waals surface area (Å²) in [5.74, 6) is -1.34. The number of hydrogen-bond acceptors (Lipinski definition) is 5. The molecule has 1 atom stereocenters. The van der Waals surface area contributed by atoms with Crippen LogP contribution < -0.4 is 5.32 Å². The highest BCUT2D eigenvalue weighted by atomic mass is 32.2.